The Balaban J connectivity index is 1.59. The summed E-state index contributed by atoms with van der Waals surface area (Å²) in [6.45, 7) is 12.6. The summed E-state index contributed by atoms with van der Waals surface area (Å²) in [6.07, 6.45) is 0.554. The fourth-order valence-electron chi connectivity index (χ4n) is 6.53. The van der Waals surface area contributed by atoms with Crippen molar-refractivity contribution in [2.24, 2.45) is 5.92 Å². The minimum absolute atomic E-state index is 0.0860. The fourth-order valence-corrected chi connectivity index (χ4v) is 6.53. The molecule has 1 aliphatic rings. The number of hydrogen-bond donors (Lipinski definition) is 2. The number of phenolic OH excluding ortho intramolecular Hbond substituents is 1. The summed E-state index contributed by atoms with van der Waals surface area (Å²) in [5.41, 5.74) is 4.89. The van der Waals surface area contributed by atoms with Gasteiger partial charge in [-0.25, -0.2) is 4.39 Å². The SMILES string of the molecule is CC(C)COC(=O)C[C@H]1C[C@@H](CCn2c(-c3ccc(F)cc3)c(-c3ccc(O)cc3)c(C(=O)Nc3ccccc3)c2C(C)C)OC(C)(C)O1. The zero-order valence-corrected chi connectivity index (χ0v) is 29.2. The molecule has 49 heavy (non-hydrogen) atoms. The molecular formula is C40H47FN2O6. The van der Waals surface area contributed by atoms with Crippen LogP contribution in [0.1, 0.15) is 82.8 Å². The van der Waals surface area contributed by atoms with Crippen LogP contribution in [-0.4, -0.2) is 46.2 Å². The van der Waals surface area contributed by atoms with Crippen molar-refractivity contribution >= 4 is 17.6 Å². The third-order valence-electron chi connectivity index (χ3n) is 8.46. The second-order valence-electron chi connectivity index (χ2n) is 13.8. The molecular weight excluding hydrogens is 623 g/mol. The van der Waals surface area contributed by atoms with E-state index < -0.39 is 5.79 Å². The Morgan fingerprint density at radius 3 is 2.20 bits per heavy atom. The molecule has 1 aliphatic heterocycles. The molecule has 0 unspecified atom stereocenters. The minimum atomic E-state index is -0.915. The van der Waals surface area contributed by atoms with E-state index in [1.165, 1.54) is 12.1 Å². The molecule has 0 saturated carbocycles. The normalized spacial score (nSPS) is 17.3. The lowest BCUT2D eigenvalue weighted by molar-refractivity contribution is -0.300. The molecule has 9 heteroatoms. The van der Waals surface area contributed by atoms with Gasteiger partial charge in [0.2, 0.25) is 0 Å². The van der Waals surface area contributed by atoms with Crippen LogP contribution < -0.4 is 5.32 Å². The lowest BCUT2D eigenvalue weighted by atomic mass is 9.94. The summed E-state index contributed by atoms with van der Waals surface area (Å²) >= 11 is 0. The maximum Gasteiger partial charge on any atom is 0.308 e. The van der Waals surface area contributed by atoms with Gasteiger partial charge in [-0.3, -0.25) is 9.59 Å². The molecule has 0 radical (unpaired) electrons. The zero-order valence-electron chi connectivity index (χ0n) is 29.2. The summed E-state index contributed by atoms with van der Waals surface area (Å²) in [5.74, 6) is -1.60. The van der Waals surface area contributed by atoms with Crippen LogP contribution in [0.2, 0.25) is 0 Å². The van der Waals surface area contributed by atoms with E-state index in [0.717, 1.165) is 22.5 Å². The van der Waals surface area contributed by atoms with Gasteiger partial charge < -0.3 is 29.2 Å². The average molecular weight is 671 g/mol. The van der Waals surface area contributed by atoms with E-state index in [1.807, 2.05) is 71.9 Å². The second-order valence-corrected chi connectivity index (χ2v) is 13.8. The first-order valence-electron chi connectivity index (χ1n) is 17.0. The number of anilines is 1. The highest BCUT2D eigenvalue weighted by Gasteiger charge is 2.37. The zero-order chi connectivity index (χ0) is 35.3. The van der Waals surface area contributed by atoms with Gasteiger partial charge in [0.1, 0.15) is 11.6 Å². The number of rotatable bonds is 12. The van der Waals surface area contributed by atoms with Crippen LogP contribution >= 0.6 is 0 Å². The van der Waals surface area contributed by atoms with Gasteiger partial charge in [0.25, 0.3) is 5.91 Å². The van der Waals surface area contributed by atoms with Gasteiger partial charge in [0.15, 0.2) is 5.79 Å². The van der Waals surface area contributed by atoms with Crippen LogP contribution in [0.3, 0.4) is 0 Å². The molecule has 0 aliphatic carbocycles. The highest BCUT2D eigenvalue weighted by Crippen LogP contribution is 2.43. The predicted octanol–water partition coefficient (Wildman–Crippen LogP) is 8.93. The molecule has 4 aromatic rings. The fraction of sp³-hybridized carbons (Fsp3) is 0.400. The van der Waals surface area contributed by atoms with Crippen LogP contribution in [-0.2, 0) is 25.5 Å². The van der Waals surface area contributed by atoms with Crippen molar-refractivity contribution in [1.29, 1.82) is 0 Å². The van der Waals surface area contributed by atoms with Crippen molar-refractivity contribution in [3.63, 3.8) is 0 Å². The monoisotopic (exact) mass is 670 g/mol. The number of benzene rings is 3. The molecule has 2 atom stereocenters. The Hall–Kier alpha value is -4.47. The summed E-state index contributed by atoms with van der Waals surface area (Å²) in [7, 11) is 0. The van der Waals surface area contributed by atoms with Crippen molar-refractivity contribution in [3.05, 3.63) is 95.9 Å². The van der Waals surface area contributed by atoms with E-state index in [2.05, 4.69) is 9.88 Å². The molecule has 3 aromatic carbocycles. The molecule has 2 heterocycles. The minimum Gasteiger partial charge on any atom is -0.508 e. The molecule has 8 nitrogen and oxygen atoms in total. The van der Waals surface area contributed by atoms with Gasteiger partial charge in [-0.15, -0.1) is 0 Å². The molecule has 1 amide bonds. The molecule has 0 spiro atoms. The lowest BCUT2D eigenvalue weighted by Gasteiger charge is -2.40. The highest BCUT2D eigenvalue weighted by molar-refractivity contribution is 6.12. The summed E-state index contributed by atoms with van der Waals surface area (Å²) in [5, 5.41) is 13.3. The van der Waals surface area contributed by atoms with Crippen molar-refractivity contribution < 1.29 is 33.3 Å². The number of ether oxygens (including phenoxy) is 3. The Morgan fingerprint density at radius 1 is 0.939 bits per heavy atom. The number of phenols is 1. The number of aromatic nitrogens is 1. The maximum absolute atomic E-state index is 14.4. The standard InChI is InChI=1S/C40H47FN2O6/c1-25(2)24-47-34(45)23-33-22-32(48-40(5,6)49-33)20-21-43-37(26(3)4)36(39(46)42-30-10-8-7-9-11-30)35(27-14-18-31(44)19-15-27)38(43)28-12-16-29(41)17-13-28/h7-19,25-26,32-33,44H,20-24H2,1-6H3,(H,42,46)/t32-,33-/m1/s1. The Labute approximate surface area is 288 Å². The number of esters is 1. The second kappa shape index (κ2) is 15.4. The van der Waals surface area contributed by atoms with Gasteiger partial charge >= 0.3 is 5.97 Å². The van der Waals surface area contributed by atoms with Crippen LogP contribution in [0.25, 0.3) is 22.4 Å². The molecule has 0 bridgehead atoms. The molecule has 1 aromatic heterocycles. The first-order chi connectivity index (χ1) is 23.3. The van der Waals surface area contributed by atoms with Gasteiger partial charge in [0, 0.05) is 29.9 Å². The van der Waals surface area contributed by atoms with Crippen LogP contribution in [0.4, 0.5) is 10.1 Å². The predicted molar refractivity (Wildman–Crippen MR) is 189 cm³/mol. The Kier molecular flexibility index (Phi) is 11.3. The quantitative estimate of drug-likeness (QED) is 0.146. The number of carbonyl (C=O) groups is 2. The number of para-hydroxylation sites is 1. The van der Waals surface area contributed by atoms with Gasteiger partial charge in [-0.1, -0.05) is 58.0 Å². The number of amides is 1. The van der Waals surface area contributed by atoms with E-state index in [0.29, 0.717) is 42.8 Å². The Bertz CT molecular complexity index is 1730. The summed E-state index contributed by atoms with van der Waals surface area (Å²) in [4.78, 5) is 27.0. The van der Waals surface area contributed by atoms with Gasteiger partial charge in [0.05, 0.1) is 36.5 Å². The first kappa shape index (κ1) is 35.8. The Morgan fingerprint density at radius 2 is 1.57 bits per heavy atom. The first-order valence-corrected chi connectivity index (χ1v) is 17.0. The number of nitrogens with zero attached hydrogens (tertiary/aromatic N) is 1. The largest absolute Gasteiger partial charge is 0.508 e. The summed E-state index contributed by atoms with van der Waals surface area (Å²) in [6, 6.07) is 22.3. The van der Waals surface area contributed by atoms with Crippen molar-refractivity contribution in [1.82, 2.24) is 4.57 Å². The molecule has 260 valence electrons. The van der Waals surface area contributed by atoms with Gasteiger partial charge in [-0.05, 0) is 91.8 Å². The van der Waals surface area contributed by atoms with E-state index >= 15 is 0 Å². The van der Waals surface area contributed by atoms with Crippen molar-refractivity contribution in [2.45, 2.75) is 91.3 Å². The van der Waals surface area contributed by atoms with Gasteiger partial charge in [-0.2, -0.15) is 0 Å². The molecule has 5 rings (SSSR count). The highest BCUT2D eigenvalue weighted by atomic mass is 19.1. The number of hydrogen-bond acceptors (Lipinski definition) is 6. The third kappa shape index (κ3) is 8.96. The molecule has 1 fully saturated rings. The van der Waals surface area contributed by atoms with E-state index in [4.69, 9.17) is 14.2 Å². The van der Waals surface area contributed by atoms with Crippen molar-refractivity contribution in [2.75, 3.05) is 11.9 Å². The van der Waals surface area contributed by atoms with Crippen LogP contribution in [0, 0.1) is 11.7 Å². The average Bonchev–Trinajstić information content (AvgIpc) is 3.39. The van der Waals surface area contributed by atoms with E-state index in [9.17, 15) is 19.1 Å². The maximum atomic E-state index is 14.4. The number of aromatic hydroxyl groups is 1. The number of halogens is 1. The van der Waals surface area contributed by atoms with E-state index in [1.54, 1.807) is 36.4 Å². The van der Waals surface area contributed by atoms with Crippen LogP contribution in [0.15, 0.2) is 78.9 Å². The topological polar surface area (TPSA) is 99.0 Å². The van der Waals surface area contributed by atoms with E-state index in [-0.39, 0.29) is 53.9 Å². The molecule has 1 saturated heterocycles. The van der Waals surface area contributed by atoms with Crippen LogP contribution in [0.5, 0.6) is 5.75 Å². The molecule has 2 N–H and O–H groups in total. The number of nitrogens with one attached hydrogen (secondary N) is 1. The smallest absolute Gasteiger partial charge is 0.308 e. The number of carbonyl (C=O) groups excluding carboxylic acids is 2. The third-order valence-corrected chi connectivity index (χ3v) is 8.46. The lowest BCUT2D eigenvalue weighted by Crippen LogP contribution is -2.45. The van der Waals surface area contributed by atoms with Crippen molar-refractivity contribution in [3.8, 4) is 28.1 Å². The summed E-state index contributed by atoms with van der Waals surface area (Å²) < 4.78 is 34.4.